The molecule has 8 nitrogen and oxygen atoms in total. The zero-order valence-corrected chi connectivity index (χ0v) is 16.7. The minimum atomic E-state index is -0.310. The molecule has 1 aliphatic heterocycles. The highest BCUT2D eigenvalue weighted by molar-refractivity contribution is 6.05. The lowest BCUT2D eigenvalue weighted by Crippen LogP contribution is -2.50. The molecule has 3 heterocycles. The number of pyridine rings is 1. The smallest absolute Gasteiger partial charge is 0.409 e. The molecule has 0 unspecified atom stereocenters. The summed E-state index contributed by atoms with van der Waals surface area (Å²) in [6, 6.07) is 2.13. The van der Waals surface area contributed by atoms with E-state index < -0.39 is 0 Å². The maximum atomic E-state index is 13.3. The number of hydrogen-bond acceptors (Lipinski definition) is 5. The molecule has 1 aliphatic carbocycles. The van der Waals surface area contributed by atoms with Gasteiger partial charge in [0.1, 0.15) is 0 Å². The Labute approximate surface area is 164 Å². The fourth-order valence-corrected chi connectivity index (χ4v) is 3.66. The average molecular weight is 385 g/mol. The molecule has 28 heavy (non-hydrogen) atoms. The molecule has 1 saturated heterocycles. The molecule has 2 aliphatic rings. The largest absolute Gasteiger partial charge is 0.450 e. The lowest BCUT2D eigenvalue weighted by Gasteiger charge is -2.34. The van der Waals surface area contributed by atoms with Crippen LogP contribution in [0.2, 0.25) is 0 Å². The Bertz CT molecular complexity index is 895. The van der Waals surface area contributed by atoms with Crippen molar-refractivity contribution in [3.05, 3.63) is 23.5 Å². The molecular formula is C20H27N5O3. The van der Waals surface area contributed by atoms with Crippen molar-refractivity contribution in [1.29, 1.82) is 0 Å². The Balaban J connectivity index is 1.60. The minimum Gasteiger partial charge on any atom is -0.450 e. The SMILES string of the molecule is CCOC(=O)N1CCN(C(=O)c2cc(C3CC3)nc3c2cnn3C(C)C)CC1. The van der Waals surface area contributed by atoms with Crippen LogP contribution in [0.5, 0.6) is 0 Å². The summed E-state index contributed by atoms with van der Waals surface area (Å²) >= 11 is 0. The maximum Gasteiger partial charge on any atom is 0.409 e. The lowest BCUT2D eigenvalue weighted by molar-refractivity contribution is 0.0572. The van der Waals surface area contributed by atoms with Gasteiger partial charge in [-0.05, 0) is 39.7 Å². The first-order chi connectivity index (χ1) is 13.5. The zero-order valence-electron chi connectivity index (χ0n) is 16.7. The van der Waals surface area contributed by atoms with Crippen LogP contribution in [-0.2, 0) is 4.74 Å². The molecule has 0 radical (unpaired) electrons. The van der Waals surface area contributed by atoms with Gasteiger partial charge >= 0.3 is 6.09 Å². The van der Waals surface area contributed by atoms with Gasteiger partial charge in [0.25, 0.3) is 5.91 Å². The van der Waals surface area contributed by atoms with Crippen molar-refractivity contribution in [1.82, 2.24) is 24.6 Å². The van der Waals surface area contributed by atoms with Crippen LogP contribution in [0.3, 0.4) is 0 Å². The summed E-state index contributed by atoms with van der Waals surface area (Å²) in [4.78, 5) is 33.5. The van der Waals surface area contributed by atoms with Crippen molar-refractivity contribution in [3.8, 4) is 0 Å². The molecule has 0 atom stereocenters. The molecule has 8 heteroatoms. The number of carbonyl (C=O) groups excluding carboxylic acids is 2. The fraction of sp³-hybridized carbons (Fsp3) is 0.600. The van der Waals surface area contributed by atoms with E-state index in [4.69, 9.17) is 9.72 Å². The van der Waals surface area contributed by atoms with Crippen LogP contribution >= 0.6 is 0 Å². The second kappa shape index (κ2) is 7.41. The monoisotopic (exact) mass is 385 g/mol. The Morgan fingerprint density at radius 2 is 1.86 bits per heavy atom. The number of amides is 2. The summed E-state index contributed by atoms with van der Waals surface area (Å²) in [6.07, 6.45) is 3.69. The second-order valence-corrected chi connectivity index (χ2v) is 7.77. The molecule has 4 rings (SSSR count). The van der Waals surface area contributed by atoms with Gasteiger partial charge in [0, 0.05) is 43.8 Å². The molecule has 2 amide bonds. The van der Waals surface area contributed by atoms with Gasteiger partial charge in [0.05, 0.1) is 23.8 Å². The number of piperazine rings is 1. The maximum absolute atomic E-state index is 13.3. The predicted octanol–water partition coefficient (Wildman–Crippen LogP) is 2.80. The summed E-state index contributed by atoms with van der Waals surface area (Å²) in [6.45, 7) is 8.25. The van der Waals surface area contributed by atoms with E-state index in [1.54, 1.807) is 18.0 Å². The summed E-state index contributed by atoms with van der Waals surface area (Å²) in [7, 11) is 0. The summed E-state index contributed by atoms with van der Waals surface area (Å²) < 4.78 is 6.94. The number of ether oxygens (including phenoxy) is 1. The first-order valence-electron chi connectivity index (χ1n) is 10.1. The highest BCUT2D eigenvalue weighted by atomic mass is 16.6. The Morgan fingerprint density at radius 1 is 1.18 bits per heavy atom. The van der Waals surface area contributed by atoms with E-state index in [2.05, 4.69) is 18.9 Å². The highest BCUT2D eigenvalue weighted by Crippen LogP contribution is 2.40. The third kappa shape index (κ3) is 3.43. The van der Waals surface area contributed by atoms with Gasteiger partial charge in [0.15, 0.2) is 5.65 Å². The van der Waals surface area contributed by atoms with Crippen LogP contribution in [-0.4, -0.2) is 69.4 Å². The summed E-state index contributed by atoms with van der Waals surface area (Å²) in [5.74, 6) is 0.438. The molecule has 2 aromatic heterocycles. The number of aromatic nitrogens is 3. The number of fused-ring (bicyclic) bond motifs is 1. The van der Waals surface area contributed by atoms with Crippen LogP contribution in [0.25, 0.3) is 11.0 Å². The topological polar surface area (TPSA) is 80.6 Å². The summed E-state index contributed by atoms with van der Waals surface area (Å²) in [5, 5.41) is 5.28. The quantitative estimate of drug-likeness (QED) is 0.808. The Kier molecular flexibility index (Phi) is 4.95. The molecule has 1 saturated carbocycles. The number of rotatable bonds is 4. The van der Waals surface area contributed by atoms with E-state index in [0.29, 0.717) is 44.3 Å². The van der Waals surface area contributed by atoms with E-state index in [0.717, 1.165) is 29.6 Å². The van der Waals surface area contributed by atoms with Gasteiger partial charge in [-0.3, -0.25) is 4.79 Å². The van der Waals surface area contributed by atoms with Crippen molar-refractivity contribution >= 4 is 23.0 Å². The standard InChI is InChI=1S/C20H27N5O3/c1-4-28-20(27)24-9-7-23(8-10-24)19(26)15-11-17(14-5-6-14)22-18-16(15)12-21-25(18)13(2)3/h11-14H,4-10H2,1-3H3. The molecule has 150 valence electrons. The molecule has 0 aromatic carbocycles. The van der Waals surface area contributed by atoms with Gasteiger partial charge in [-0.1, -0.05) is 0 Å². The molecule has 2 fully saturated rings. The van der Waals surface area contributed by atoms with Crippen LogP contribution < -0.4 is 0 Å². The van der Waals surface area contributed by atoms with Crippen LogP contribution in [0.1, 0.15) is 61.6 Å². The van der Waals surface area contributed by atoms with Crippen molar-refractivity contribution in [2.24, 2.45) is 0 Å². The van der Waals surface area contributed by atoms with E-state index in [1.165, 1.54) is 0 Å². The number of carbonyl (C=O) groups is 2. The molecule has 0 N–H and O–H groups in total. The van der Waals surface area contributed by atoms with Crippen LogP contribution in [0.4, 0.5) is 4.79 Å². The van der Waals surface area contributed by atoms with Gasteiger partial charge < -0.3 is 14.5 Å². The third-order valence-electron chi connectivity index (χ3n) is 5.39. The van der Waals surface area contributed by atoms with E-state index >= 15 is 0 Å². The highest BCUT2D eigenvalue weighted by Gasteiger charge is 2.31. The van der Waals surface area contributed by atoms with Crippen molar-refractivity contribution in [3.63, 3.8) is 0 Å². The predicted molar refractivity (Wildman–Crippen MR) is 104 cm³/mol. The average Bonchev–Trinajstić information content (AvgIpc) is 3.45. The fourth-order valence-electron chi connectivity index (χ4n) is 3.66. The summed E-state index contributed by atoms with van der Waals surface area (Å²) in [5.41, 5.74) is 2.44. The van der Waals surface area contributed by atoms with Gasteiger partial charge in [0.2, 0.25) is 0 Å². The molecule has 0 bridgehead atoms. The van der Waals surface area contributed by atoms with Crippen molar-refractivity contribution in [2.75, 3.05) is 32.8 Å². The van der Waals surface area contributed by atoms with Crippen molar-refractivity contribution in [2.45, 2.75) is 45.6 Å². The first-order valence-corrected chi connectivity index (χ1v) is 10.1. The normalized spacial score (nSPS) is 17.4. The molecule has 2 aromatic rings. The van der Waals surface area contributed by atoms with E-state index in [-0.39, 0.29) is 18.0 Å². The Morgan fingerprint density at radius 3 is 2.46 bits per heavy atom. The van der Waals surface area contributed by atoms with Gasteiger partial charge in [-0.15, -0.1) is 0 Å². The first kappa shape index (κ1) is 18.7. The molecular weight excluding hydrogens is 358 g/mol. The lowest BCUT2D eigenvalue weighted by atomic mass is 10.1. The van der Waals surface area contributed by atoms with Crippen LogP contribution in [0.15, 0.2) is 12.3 Å². The number of nitrogens with zero attached hydrogens (tertiary/aromatic N) is 5. The Hall–Kier alpha value is -2.64. The zero-order chi connectivity index (χ0) is 19.8. The van der Waals surface area contributed by atoms with E-state index in [1.807, 2.05) is 15.6 Å². The van der Waals surface area contributed by atoms with Gasteiger partial charge in [-0.2, -0.15) is 5.10 Å². The van der Waals surface area contributed by atoms with Crippen LogP contribution in [0, 0.1) is 0 Å². The number of hydrogen-bond donors (Lipinski definition) is 0. The second-order valence-electron chi connectivity index (χ2n) is 7.77. The van der Waals surface area contributed by atoms with Gasteiger partial charge in [-0.25, -0.2) is 14.5 Å². The third-order valence-corrected chi connectivity index (χ3v) is 5.39. The van der Waals surface area contributed by atoms with Crippen molar-refractivity contribution < 1.29 is 14.3 Å². The molecule has 0 spiro atoms. The minimum absolute atomic E-state index is 0.0129. The van der Waals surface area contributed by atoms with E-state index in [9.17, 15) is 9.59 Å².